The Morgan fingerprint density at radius 3 is 2.39 bits per heavy atom. The number of hydrogen-bond donors (Lipinski definition) is 0. The van der Waals surface area contributed by atoms with E-state index in [-0.39, 0.29) is 4.90 Å². The molecule has 0 spiro atoms. The fraction of sp³-hybridized carbons (Fsp3) is 0.0833. The summed E-state index contributed by atoms with van der Waals surface area (Å²) in [5, 5.41) is 0.528. The smallest absolute Gasteiger partial charge is 0.175 e. The van der Waals surface area contributed by atoms with E-state index in [1.165, 1.54) is 6.26 Å². The van der Waals surface area contributed by atoms with Gasteiger partial charge >= 0.3 is 0 Å². The SMILES string of the molecule is CS(=O)(=O)c1ccc(-c2cc(Cl)cnc2Br)cc1. The van der Waals surface area contributed by atoms with Gasteiger partial charge in [0.1, 0.15) is 4.60 Å². The van der Waals surface area contributed by atoms with Crippen molar-refractivity contribution < 1.29 is 8.42 Å². The summed E-state index contributed by atoms with van der Waals surface area (Å²) in [5.41, 5.74) is 1.67. The molecule has 94 valence electrons. The number of nitrogens with zero attached hydrogens (tertiary/aromatic N) is 1. The molecule has 0 saturated carbocycles. The van der Waals surface area contributed by atoms with Gasteiger partial charge in [0.05, 0.1) is 9.92 Å². The molecule has 3 nitrogen and oxygen atoms in total. The van der Waals surface area contributed by atoms with Crippen molar-refractivity contribution in [3.63, 3.8) is 0 Å². The van der Waals surface area contributed by atoms with Gasteiger partial charge in [-0.3, -0.25) is 0 Å². The fourth-order valence-electron chi connectivity index (χ4n) is 1.51. The number of aromatic nitrogens is 1. The van der Waals surface area contributed by atoms with Gasteiger partial charge in [0.15, 0.2) is 9.84 Å². The van der Waals surface area contributed by atoms with Gasteiger partial charge in [-0.2, -0.15) is 0 Å². The molecule has 0 radical (unpaired) electrons. The second-order valence-corrected chi connectivity index (χ2v) is 6.99. The van der Waals surface area contributed by atoms with Crippen molar-refractivity contribution in [3.8, 4) is 11.1 Å². The fourth-order valence-corrected chi connectivity index (χ4v) is 2.74. The van der Waals surface area contributed by atoms with E-state index < -0.39 is 9.84 Å². The molecule has 0 bridgehead atoms. The van der Waals surface area contributed by atoms with Crippen molar-refractivity contribution in [2.45, 2.75) is 4.90 Å². The molecule has 1 heterocycles. The summed E-state index contributed by atoms with van der Waals surface area (Å²) >= 11 is 9.23. The quantitative estimate of drug-likeness (QED) is 0.781. The van der Waals surface area contributed by atoms with Crippen molar-refractivity contribution in [1.82, 2.24) is 4.98 Å². The molecule has 1 aromatic carbocycles. The molecule has 0 unspecified atom stereocenters. The topological polar surface area (TPSA) is 47.0 Å². The molecule has 2 rings (SSSR count). The van der Waals surface area contributed by atoms with Crippen LogP contribution >= 0.6 is 27.5 Å². The lowest BCUT2D eigenvalue weighted by Crippen LogP contribution is -1.96. The van der Waals surface area contributed by atoms with E-state index in [0.717, 1.165) is 11.1 Å². The number of pyridine rings is 1. The summed E-state index contributed by atoms with van der Waals surface area (Å²) in [4.78, 5) is 4.38. The molecule has 0 amide bonds. The summed E-state index contributed by atoms with van der Waals surface area (Å²) in [6, 6.07) is 8.37. The Balaban J connectivity index is 2.50. The lowest BCUT2D eigenvalue weighted by atomic mass is 10.1. The highest BCUT2D eigenvalue weighted by molar-refractivity contribution is 9.10. The summed E-state index contributed by atoms with van der Waals surface area (Å²) < 4.78 is 23.4. The van der Waals surface area contributed by atoms with Crippen LogP contribution in [0.5, 0.6) is 0 Å². The average Bonchev–Trinajstić information content (AvgIpc) is 2.31. The molecular weight excluding hydrogens is 338 g/mol. The molecule has 0 atom stereocenters. The lowest BCUT2D eigenvalue weighted by Gasteiger charge is -2.05. The Morgan fingerprint density at radius 1 is 1.22 bits per heavy atom. The maximum Gasteiger partial charge on any atom is 0.175 e. The van der Waals surface area contributed by atoms with E-state index in [4.69, 9.17) is 11.6 Å². The Bertz CT molecular complexity index is 684. The van der Waals surface area contributed by atoms with E-state index in [1.807, 2.05) is 0 Å². The van der Waals surface area contributed by atoms with Crippen LogP contribution in [0.1, 0.15) is 0 Å². The molecule has 2 aromatic rings. The number of rotatable bonds is 2. The first kappa shape index (κ1) is 13.5. The standard InChI is InChI=1S/C12H9BrClNO2S/c1-18(16,17)10-4-2-8(3-5-10)11-6-9(14)7-15-12(11)13/h2-7H,1H3. The van der Waals surface area contributed by atoms with Crippen LogP contribution in [0.4, 0.5) is 0 Å². The van der Waals surface area contributed by atoms with Gasteiger partial charge < -0.3 is 0 Å². The Hall–Kier alpha value is -0.910. The van der Waals surface area contributed by atoms with Crippen LogP contribution in [-0.4, -0.2) is 19.7 Å². The molecule has 0 aliphatic rings. The van der Waals surface area contributed by atoms with Crippen LogP contribution in [0.2, 0.25) is 5.02 Å². The monoisotopic (exact) mass is 345 g/mol. The van der Waals surface area contributed by atoms with Gasteiger partial charge in [0.25, 0.3) is 0 Å². The van der Waals surface area contributed by atoms with Crippen LogP contribution in [0, 0.1) is 0 Å². The number of halogens is 2. The summed E-state index contributed by atoms with van der Waals surface area (Å²) in [6.07, 6.45) is 2.72. The van der Waals surface area contributed by atoms with E-state index >= 15 is 0 Å². The minimum Gasteiger partial charge on any atom is -0.247 e. The van der Waals surface area contributed by atoms with Crippen molar-refractivity contribution in [2.75, 3.05) is 6.26 Å². The van der Waals surface area contributed by atoms with E-state index in [0.29, 0.717) is 9.63 Å². The number of sulfone groups is 1. The minimum atomic E-state index is -3.17. The van der Waals surface area contributed by atoms with Crippen LogP contribution in [0.25, 0.3) is 11.1 Å². The normalized spacial score (nSPS) is 11.5. The molecule has 1 aromatic heterocycles. The zero-order valence-electron chi connectivity index (χ0n) is 9.39. The number of benzene rings is 1. The van der Waals surface area contributed by atoms with E-state index in [9.17, 15) is 8.42 Å². The zero-order chi connectivity index (χ0) is 13.3. The molecule has 0 saturated heterocycles. The summed E-state index contributed by atoms with van der Waals surface area (Å²) in [7, 11) is -3.17. The van der Waals surface area contributed by atoms with Crippen molar-refractivity contribution in [1.29, 1.82) is 0 Å². The predicted molar refractivity (Wildman–Crippen MR) is 75.5 cm³/mol. The lowest BCUT2D eigenvalue weighted by molar-refractivity contribution is 0.602. The Morgan fingerprint density at radius 2 is 1.83 bits per heavy atom. The second kappa shape index (κ2) is 4.99. The van der Waals surface area contributed by atoms with Crippen molar-refractivity contribution in [2.24, 2.45) is 0 Å². The first-order chi connectivity index (χ1) is 8.38. The largest absolute Gasteiger partial charge is 0.247 e. The molecule has 0 N–H and O–H groups in total. The van der Waals surface area contributed by atoms with E-state index in [2.05, 4.69) is 20.9 Å². The third kappa shape index (κ3) is 2.91. The maximum absolute atomic E-state index is 11.4. The molecular formula is C12H9BrClNO2S. The predicted octanol–water partition coefficient (Wildman–Crippen LogP) is 3.57. The van der Waals surface area contributed by atoms with Crippen LogP contribution < -0.4 is 0 Å². The maximum atomic E-state index is 11.4. The van der Waals surface area contributed by atoms with E-state index in [1.54, 1.807) is 36.5 Å². The van der Waals surface area contributed by atoms with Crippen LogP contribution in [0.3, 0.4) is 0 Å². The zero-order valence-corrected chi connectivity index (χ0v) is 12.6. The van der Waals surface area contributed by atoms with Crippen LogP contribution in [0.15, 0.2) is 46.0 Å². The molecule has 18 heavy (non-hydrogen) atoms. The second-order valence-electron chi connectivity index (χ2n) is 3.79. The van der Waals surface area contributed by atoms with Crippen molar-refractivity contribution >= 4 is 37.4 Å². The first-order valence-corrected chi connectivity index (χ1v) is 8.06. The van der Waals surface area contributed by atoms with Gasteiger partial charge in [-0.15, -0.1) is 0 Å². The summed E-state index contributed by atoms with van der Waals surface area (Å²) in [6.45, 7) is 0. The average molecular weight is 347 g/mol. The van der Waals surface area contributed by atoms with Gasteiger partial charge in [-0.05, 0) is 39.7 Å². The van der Waals surface area contributed by atoms with Crippen LogP contribution in [-0.2, 0) is 9.84 Å². The minimum absolute atomic E-state index is 0.289. The van der Waals surface area contributed by atoms with Gasteiger partial charge in [-0.1, -0.05) is 23.7 Å². The highest BCUT2D eigenvalue weighted by Gasteiger charge is 2.09. The molecule has 0 aliphatic heterocycles. The Kier molecular flexibility index (Phi) is 3.75. The molecule has 0 fully saturated rings. The third-order valence-electron chi connectivity index (χ3n) is 2.40. The highest BCUT2D eigenvalue weighted by atomic mass is 79.9. The number of hydrogen-bond acceptors (Lipinski definition) is 3. The van der Waals surface area contributed by atoms with Gasteiger partial charge in [-0.25, -0.2) is 13.4 Å². The third-order valence-corrected chi connectivity index (χ3v) is 4.37. The van der Waals surface area contributed by atoms with Crippen molar-refractivity contribution in [3.05, 3.63) is 46.2 Å². The van der Waals surface area contributed by atoms with Gasteiger partial charge in [0.2, 0.25) is 0 Å². The molecule has 0 aliphatic carbocycles. The first-order valence-electron chi connectivity index (χ1n) is 4.99. The van der Waals surface area contributed by atoms with Gasteiger partial charge in [0, 0.05) is 18.0 Å². The highest BCUT2D eigenvalue weighted by Crippen LogP contribution is 2.29. The Labute approximate surface area is 119 Å². The summed E-state index contributed by atoms with van der Waals surface area (Å²) in [5.74, 6) is 0. The molecule has 6 heteroatoms.